The van der Waals surface area contributed by atoms with E-state index in [2.05, 4.69) is 24.2 Å². The summed E-state index contributed by atoms with van der Waals surface area (Å²) in [6, 6.07) is 0.844. The van der Waals surface area contributed by atoms with Gasteiger partial charge in [-0.15, -0.1) is 0 Å². The van der Waals surface area contributed by atoms with Gasteiger partial charge in [0.05, 0.1) is 25.9 Å². The predicted molar refractivity (Wildman–Crippen MR) is 72.6 cm³/mol. The molecule has 2 aliphatic rings. The van der Waals surface area contributed by atoms with Gasteiger partial charge in [-0.2, -0.15) is 0 Å². The number of nitrogens with zero attached hydrogens (tertiary/aromatic N) is 1. The van der Waals surface area contributed by atoms with Crippen LogP contribution in [0, 0.1) is 11.8 Å². The van der Waals surface area contributed by atoms with Crippen molar-refractivity contribution in [1.29, 1.82) is 0 Å². The minimum Gasteiger partial charge on any atom is -0.395 e. The fourth-order valence-electron chi connectivity index (χ4n) is 3.48. The second-order valence-electron chi connectivity index (χ2n) is 5.98. The van der Waals surface area contributed by atoms with Crippen LogP contribution in [0.2, 0.25) is 0 Å². The quantitative estimate of drug-likeness (QED) is 0.777. The molecule has 0 aromatic rings. The van der Waals surface area contributed by atoms with E-state index in [-0.39, 0.29) is 12.6 Å². The lowest BCUT2D eigenvalue weighted by atomic mass is 9.78. The van der Waals surface area contributed by atoms with E-state index in [4.69, 9.17) is 4.74 Å². The number of ether oxygens (including phenoxy) is 1. The molecule has 0 amide bonds. The molecule has 1 heterocycles. The Hall–Kier alpha value is -0.160. The Kier molecular flexibility index (Phi) is 5.42. The first-order valence-corrected chi connectivity index (χ1v) is 7.34. The molecule has 1 aliphatic heterocycles. The molecular formula is C14H28N2O2. The van der Waals surface area contributed by atoms with Crippen LogP contribution < -0.4 is 5.32 Å². The molecule has 4 atom stereocenters. The summed E-state index contributed by atoms with van der Waals surface area (Å²) in [6.45, 7) is 6.14. The summed E-state index contributed by atoms with van der Waals surface area (Å²) in [4.78, 5) is 2.43. The second kappa shape index (κ2) is 6.85. The van der Waals surface area contributed by atoms with Crippen molar-refractivity contribution in [3.05, 3.63) is 0 Å². The molecule has 0 aromatic heterocycles. The highest BCUT2D eigenvalue weighted by Crippen LogP contribution is 2.30. The van der Waals surface area contributed by atoms with E-state index in [1.807, 2.05) is 0 Å². The molecule has 4 heteroatoms. The van der Waals surface area contributed by atoms with Crippen LogP contribution in [0.15, 0.2) is 0 Å². The van der Waals surface area contributed by atoms with Gasteiger partial charge < -0.3 is 15.2 Å². The van der Waals surface area contributed by atoms with Gasteiger partial charge in [-0.25, -0.2) is 0 Å². The zero-order chi connectivity index (χ0) is 13.0. The molecule has 0 bridgehead atoms. The molecular weight excluding hydrogens is 228 g/mol. The summed E-state index contributed by atoms with van der Waals surface area (Å²) in [5.74, 6) is 1.55. The molecule has 0 radical (unpaired) electrons. The third-order valence-electron chi connectivity index (χ3n) is 4.64. The summed E-state index contributed by atoms with van der Waals surface area (Å²) in [7, 11) is 2.08. The van der Waals surface area contributed by atoms with Gasteiger partial charge in [0, 0.05) is 19.1 Å². The average Bonchev–Trinajstić information content (AvgIpc) is 2.40. The predicted octanol–water partition coefficient (Wildman–Crippen LogP) is 0.704. The second-order valence-corrected chi connectivity index (χ2v) is 5.98. The molecule has 2 fully saturated rings. The molecule has 1 saturated carbocycles. The van der Waals surface area contributed by atoms with E-state index >= 15 is 0 Å². The van der Waals surface area contributed by atoms with Crippen molar-refractivity contribution in [2.75, 3.05) is 40.0 Å². The van der Waals surface area contributed by atoms with Crippen LogP contribution in [0.5, 0.6) is 0 Å². The third kappa shape index (κ3) is 3.44. The number of hydrogen-bond donors (Lipinski definition) is 2. The zero-order valence-electron chi connectivity index (χ0n) is 11.8. The molecule has 2 N–H and O–H groups in total. The van der Waals surface area contributed by atoms with E-state index in [1.54, 1.807) is 0 Å². The Balaban J connectivity index is 1.92. The molecule has 2 rings (SSSR count). The first-order chi connectivity index (χ1) is 8.74. The van der Waals surface area contributed by atoms with Gasteiger partial charge in [0.15, 0.2) is 0 Å². The number of aliphatic hydroxyl groups is 1. The highest BCUT2D eigenvalue weighted by Gasteiger charge is 2.31. The van der Waals surface area contributed by atoms with Gasteiger partial charge in [0.25, 0.3) is 0 Å². The van der Waals surface area contributed by atoms with Crippen LogP contribution in [0.25, 0.3) is 0 Å². The van der Waals surface area contributed by atoms with Crippen LogP contribution >= 0.6 is 0 Å². The minimum atomic E-state index is 0.202. The van der Waals surface area contributed by atoms with Gasteiger partial charge >= 0.3 is 0 Å². The molecule has 1 saturated heterocycles. The van der Waals surface area contributed by atoms with E-state index < -0.39 is 0 Å². The maximum Gasteiger partial charge on any atom is 0.0644 e. The number of aliphatic hydroxyl groups excluding tert-OH is 1. The molecule has 0 spiro atoms. The van der Waals surface area contributed by atoms with Crippen LogP contribution in [0.4, 0.5) is 0 Å². The first-order valence-electron chi connectivity index (χ1n) is 7.34. The van der Waals surface area contributed by atoms with Gasteiger partial charge in [-0.3, -0.25) is 4.90 Å². The standard InChI is InChI=1S/C14H28N2O2/c1-11-3-4-14(15-2)12(7-11)8-16-5-6-18-10-13(16)9-17/h11-15,17H,3-10H2,1-2H3. The average molecular weight is 256 g/mol. The lowest BCUT2D eigenvalue weighted by Crippen LogP contribution is -2.52. The minimum absolute atomic E-state index is 0.202. The van der Waals surface area contributed by atoms with Crippen molar-refractivity contribution in [3.8, 4) is 0 Å². The first kappa shape index (κ1) is 14.3. The van der Waals surface area contributed by atoms with Crippen LogP contribution in [0.1, 0.15) is 26.2 Å². The Morgan fingerprint density at radius 1 is 1.39 bits per heavy atom. The Bertz CT molecular complexity index is 250. The normalized spacial score (nSPS) is 38.8. The lowest BCUT2D eigenvalue weighted by molar-refractivity contribution is -0.0387. The Labute approximate surface area is 111 Å². The number of hydrogen-bond acceptors (Lipinski definition) is 4. The van der Waals surface area contributed by atoms with Gasteiger partial charge in [0.2, 0.25) is 0 Å². The molecule has 1 aliphatic carbocycles. The van der Waals surface area contributed by atoms with Crippen LogP contribution in [-0.2, 0) is 4.74 Å². The van der Waals surface area contributed by atoms with Crippen molar-refractivity contribution in [1.82, 2.24) is 10.2 Å². The molecule has 4 unspecified atom stereocenters. The molecule has 18 heavy (non-hydrogen) atoms. The van der Waals surface area contributed by atoms with Crippen molar-refractivity contribution in [3.63, 3.8) is 0 Å². The van der Waals surface area contributed by atoms with Crippen molar-refractivity contribution in [2.45, 2.75) is 38.3 Å². The van der Waals surface area contributed by atoms with E-state index in [0.717, 1.165) is 25.6 Å². The van der Waals surface area contributed by atoms with Gasteiger partial charge in [-0.1, -0.05) is 6.92 Å². The summed E-state index contributed by atoms with van der Waals surface area (Å²) < 4.78 is 5.45. The topological polar surface area (TPSA) is 44.7 Å². The maximum absolute atomic E-state index is 9.43. The monoisotopic (exact) mass is 256 g/mol. The summed E-state index contributed by atoms with van der Waals surface area (Å²) >= 11 is 0. The number of rotatable bonds is 4. The van der Waals surface area contributed by atoms with E-state index in [0.29, 0.717) is 18.6 Å². The van der Waals surface area contributed by atoms with Crippen molar-refractivity contribution in [2.24, 2.45) is 11.8 Å². The lowest BCUT2D eigenvalue weighted by Gasteiger charge is -2.41. The summed E-state index contributed by atoms with van der Waals surface area (Å²) in [5, 5.41) is 12.9. The fraction of sp³-hybridized carbons (Fsp3) is 1.00. The molecule has 106 valence electrons. The Morgan fingerprint density at radius 2 is 2.22 bits per heavy atom. The summed E-state index contributed by atoms with van der Waals surface area (Å²) in [5.41, 5.74) is 0. The zero-order valence-corrected chi connectivity index (χ0v) is 11.8. The largest absolute Gasteiger partial charge is 0.395 e. The number of morpholine rings is 1. The van der Waals surface area contributed by atoms with Crippen molar-refractivity contribution >= 4 is 0 Å². The summed E-state index contributed by atoms with van der Waals surface area (Å²) in [6.07, 6.45) is 3.94. The Morgan fingerprint density at radius 3 is 2.94 bits per heavy atom. The molecule has 4 nitrogen and oxygen atoms in total. The molecule has 0 aromatic carbocycles. The van der Waals surface area contributed by atoms with Gasteiger partial charge in [0.1, 0.15) is 0 Å². The van der Waals surface area contributed by atoms with Gasteiger partial charge in [-0.05, 0) is 38.1 Å². The van der Waals surface area contributed by atoms with E-state index in [9.17, 15) is 5.11 Å². The highest BCUT2D eigenvalue weighted by atomic mass is 16.5. The number of nitrogens with one attached hydrogen (secondary N) is 1. The SMILES string of the molecule is CNC1CCC(C)CC1CN1CCOCC1CO. The van der Waals surface area contributed by atoms with Crippen LogP contribution in [-0.4, -0.2) is 62.0 Å². The van der Waals surface area contributed by atoms with Crippen LogP contribution in [0.3, 0.4) is 0 Å². The smallest absolute Gasteiger partial charge is 0.0644 e. The van der Waals surface area contributed by atoms with E-state index in [1.165, 1.54) is 19.3 Å². The van der Waals surface area contributed by atoms with Crippen molar-refractivity contribution < 1.29 is 9.84 Å². The highest BCUT2D eigenvalue weighted by molar-refractivity contribution is 4.87. The maximum atomic E-state index is 9.43. The third-order valence-corrected chi connectivity index (χ3v) is 4.64. The fourth-order valence-corrected chi connectivity index (χ4v) is 3.48.